The lowest BCUT2D eigenvalue weighted by molar-refractivity contribution is 0.946. The van der Waals surface area contributed by atoms with Crippen LogP contribution in [-0.2, 0) is 6.54 Å². The summed E-state index contributed by atoms with van der Waals surface area (Å²) in [4.78, 5) is 17.6. The summed E-state index contributed by atoms with van der Waals surface area (Å²) in [6, 6.07) is 1.46. The number of nitrogens with two attached hydrogens (primary N) is 1. The van der Waals surface area contributed by atoms with E-state index in [1.807, 2.05) is 6.92 Å². The maximum atomic E-state index is 11.6. The average molecular weight is 274 g/mol. The molecule has 0 fully saturated rings. The number of hydrogen-bond donors (Lipinski definition) is 1. The van der Waals surface area contributed by atoms with Crippen molar-refractivity contribution >= 4 is 32.2 Å². The number of rotatable bonds is 1. The number of nitrogens with zero attached hydrogens (tertiary/aromatic N) is 2. The van der Waals surface area contributed by atoms with Crippen LogP contribution in [0.4, 0.5) is 0 Å². The summed E-state index contributed by atoms with van der Waals surface area (Å²) >= 11 is 4.82. The standard InChI is InChI=1S/C8H8BrN3OS/c1-4-7(9)12-6(13)2-5(3-10)11-8(12)14-4/h2H,3,10H2,1H3. The molecule has 0 amide bonds. The van der Waals surface area contributed by atoms with Gasteiger partial charge in [-0.05, 0) is 22.9 Å². The second-order valence-corrected chi connectivity index (χ2v) is 4.79. The van der Waals surface area contributed by atoms with Crippen molar-refractivity contribution in [2.24, 2.45) is 5.73 Å². The van der Waals surface area contributed by atoms with Crippen molar-refractivity contribution < 1.29 is 0 Å². The summed E-state index contributed by atoms with van der Waals surface area (Å²) in [6.45, 7) is 2.23. The Morgan fingerprint density at radius 3 is 3.07 bits per heavy atom. The predicted molar refractivity (Wildman–Crippen MR) is 59.7 cm³/mol. The smallest absolute Gasteiger partial charge is 0.259 e. The molecule has 0 aliphatic rings. The van der Waals surface area contributed by atoms with Gasteiger partial charge in [0.15, 0.2) is 4.96 Å². The maximum absolute atomic E-state index is 11.6. The van der Waals surface area contributed by atoms with Crippen molar-refractivity contribution in [3.05, 3.63) is 31.6 Å². The lowest BCUT2D eigenvalue weighted by Crippen LogP contribution is -2.15. The molecule has 2 aromatic heterocycles. The Kier molecular flexibility index (Phi) is 2.42. The van der Waals surface area contributed by atoms with E-state index in [0.29, 0.717) is 17.2 Å². The Morgan fingerprint density at radius 1 is 1.71 bits per heavy atom. The normalized spacial score (nSPS) is 11.1. The first-order chi connectivity index (χ1) is 6.63. The molecule has 0 aliphatic heterocycles. The second kappa shape index (κ2) is 3.45. The van der Waals surface area contributed by atoms with Crippen LogP contribution in [0.2, 0.25) is 0 Å². The van der Waals surface area contributed by atoms with Crippen molar-refractivity contribution in [2.45, 2.75) is 13.5 Å². The fourth-order valence-electron chi connectivity index (χ4n) is 1.20. The van der Waals surface area contributed by atoms with Gasteiger partial charge in [0, 0.05) is 17.5 Å². The van der Waals surface area contributed by atoms with E-state index >= 15 is 0 Å². The third-order valence-corrected chi connectivity index (χ3v) is 4.05. The summed E-state index contributed by atoms with van der Waals surface area (Å²) in [6.07, 6.45) is 0. The molecule has 0 bridgehead atoms. The molecule has 0 unspecified atom stereocenters. The molecule has 6 heteroatoms. The van der Waals surface area contributed by atoms with Gasteiger partial charge in [-0.25, -0.2) is 9.38 Å². The van der Waals surface area contributed by atoms with Gasteiger partial charge < -0.3 is 5.73 Å². The van der Waals surface area contributed by atoms with Gasteiger partial charge in [0.25, 0.3) is 5.56 Å². The molecule has 2 N–H and O–H groups in total. The third kappa shape index (κ3) is 1.39. The minimum Gasteiger partial charge on any atom is -0.325 e. The lowest BCUT2D eigenvalue weighted by atomic mass is 10.4. The maximum Gasteiger partial charge on any atom is 0.259 e. The third-order valence-electron chi connectivity index (χ3n) is 1.88. The van der Waals surface area contributed by atoms with E-state index in [4.69, 9.17) is 5.73 Å². The second-order valence-electron chi connectivity index (χ2n) is 2.86. The molecule has 0 aliphatic carbocycles. The molecule has 2 heterocycles. The summed E-state index contributed by atoms with van der Waals surface area (Å²) in [5.74, 6) is 0. The number of thiazole rings is 1. The van der Waals surface area contributed by atoms with E-state index in [1.165, 1.54) is 17.4 Å². The van der Waals surface area contributed by atoms with Crippen LogP contribution < -0.4 is 11.3 Å². The minimum absolute atomic E-state index is 0.0910. The highest BCUT2D eigenvalue weighted by atomic mass is 79.9. The molecule has 0 spiro atoms. The SMILES string of the molecule is Cc1sc2nc(CN)cc(=O)n2c1Br. The first-order valence-corrected chi connectivity index (χ1v) is 5.62. The van der Waals surface area contributed by atoms with Crippen LogP contribution in [-0.4, -0.2) is 9.38 Å². The Morgan fingerprint density at radius 2 is 2.43 bits per heavy atom. The molecule has 0 saturated carbocycles. The predicted octanol–water partition coefficient (Wildman–Crippen LogP) is 1.29. The zero-order valence-electron chi connectivity index (χ0n) is 7.45. The van der Waals surface area contributed by atoms with Gasteiger partial charge in [-0.1, -0.05) is 0 Å². The summed E-state index contributed by atoms with van der Waals surface area (Å²) in [5.41, 5.74) is 5.97. The highest BCUT2D eigenvalue weighted by Crippen LogP contribution is 2.24. The number of fused-ring (bicyclic) bond motifs is 1. The van der Waals surface area contributed by atoms with Crippen LogP contribution in [0.15, 0.2) is 15.5 Å². The Hall–Kier alpha value is -0.720. The van der Waals surface area contributed by atoms with Crippen molar-refractivity contribution in [1.82, 2.24) is 9.38 Å². The molecular weight excluding hydrogens is 266 g/mol. The monoisotopic (exact) mass is 273 g/mol. The number of halogens is 1. The molecule has 74 valence electrons. The van der Waals surface area contributed by atoms with Gasteiger partial charge in [-0.15, -0.1) is 11.3 Å². The quantitative estimate of drug-likeness (QED) is 0.852. The van der Waals surface area contributed by atoms with Crippen LogP contribution >= 0.6 is 27.3 Å². The van der Waals surface area contributed by atoms with E-state index < -0.39 is 0 Å². The van der Waals surface area contributed by atoms with Crippen LogP contribution in [0, 0.1) is 6.92 Å². The fraction of sp³-hybridized carbons (Fsp3) is 0.250. The van der Waals surface area contributed by atoms with E-state index in [-0.39, 0.29) is 5.56 Å². The van der Waals surface area contributed by atoms with Crippen LogP contribution in [0.3, 0.4) is 0 Å². The van der Waals surface area contributed by atoms with Crippen molar-refractivity contribution in [3.8, 4) is 0 Å². The van der Waals surface area contributed by atoms with Gasteiger partial charge >= 0.3 is 0 Å². The number of aryl methyl sites for hydroxylation is 1. The van der Waals surface area contributed by atoms with E-state index in [1.54, 1.807) is 4.40 Å². The molecule has 0 saturated heterocycles. The summed E-state index contributed by atoms with van der Waals surface area (Å²) in [5, 5.41) is 0. The van der Waals surface area contributed by atoms with E-state index in [9.17, 15) is 4.79 Å². The lowest BCUT2D eigenvalue weighted by Gasteiger charge is -1.96. The van der Waals surface area contributed by atoms with Gasteiger partial charge in [0.05, 0.1) is 5.69 Å². The zero-order chi connectivity index (χ0) is 10.3. The molecule has 0 atom stereocenters. The first-order valence-electron chi connectivity index (χ1n) is 4.01. The topological polar surface area (TPSA) is 60.4 Å². The van der Waals surface area contributed by atoms with Crippen molar-refractivity contribution in [2.75, 3.05) is 0 Å². The van der Waals surface area contributed by atoms with Crippen LogP contribution in [0.25, 0.3) is 4.96 Å². The zero-order valence-corrected chi connectivity index (χ0v) is 9.85. The van der Waals surface area contributed by atoms with Crippen molar-refractivity contribution in [3.63, 3.8) is 0 Å². The molecule has 4 nitrogen and oxygen atoms in total. The Balaban J connectivity index is 2.90. The largest absolute Gasteiger partial charge is 0.325 e. The van der Waals surface area contributed by atoms with Gasteiger partial charge in [-0.2, -0.15) is 0 Å². The number of aromatic nitrogens is 2. The number of hydrogen-bond acceptors (Lipinski definition) is 4. The molecule has 14 heavy (non-hydrogen) atoms. The molecule has 0 radical (unpaired) electrons. The molecule has 0 aromatic carbocycles. The van der Waals surface area contributed by atoms with Gasteiger partial charge in [-0.3, -0.25) is 4.79 Å². The van der Waals surface area contributed by atoms with E-state index in [2.05, 4.69) is 20.9 Å². The molecule has 2 aromatic rings. The highest BCUT2D eigenvalue weighted by Gasteiger charge is 2.09. The Labute approximate surface area is 92.5 Å². The van der Waals surface area contributed by atoms with Crippen molar-refractivity contribution in [1.29, 1.82) is 0 Å². The highest BCUT2D eigenvalue weighted by molar-refractivity contribution is 9.10. The van der Waals surface area contributed by atoms with Gasteiger partial charge in [0.2, 0.25) is 0 Å². The average Bonchev–Trinajstić information content (AvgIpc) is 2.43. The first kappa shape index (κ1) is 9.82. The van der Waals surface area contributed by atoms with Crippen LogP contribution in [0.5, 0.6) is 0 Å². The van der Waals surface area contributed by atoms with Gasteiger partial charge in [0.1, 0.15) is 4.60 Å². The Bertz CT molecular complexity index is 545. The van der Waals surface area contributed by atoms with E-state index in [0.717, 1.165) is 9.48 Å². The fourth-order valence-corrected chi connectivity index (χ4v) is 2.78. The summed E-state index contributed by atoms with van der Waals surface area (Å²) < 4.78 is 2.32. The molecular formula is C8H8BrN3OS. The summed E-state index contributed by atoms with van der Waals surface area (Å²) in [7, 11) is 0. The minimum atomic E-state index is -0.0910. The molecule has 2 rings (SSSR count). The van der Waals surface area contributed by atoms with Crippen LogP contribution in [0.1, 0.15) is 10.6 Å².